The fraction of sp³-hybridized carbons (Fsp3) is 1.00. The van der Waals surface area contributed by atoms with Crippen molar-refractivity contribution in [3.63, 3.8) is 0 Å². The van der Waals surface area contributed by atoms with Gasteiger partial charge in [-0.2, -0.15) is 0 Å². The van der Waals surface area contributed by atoms with Gasteiger partial charge in [-0.3, -0.25) is 0 Å². The van der Waals surface area contributed by atoms with Crippen LogP contribution >= 0.6 is 12.4 Å². The van der Waals surface area contributed by atoms with Gasteiger partial charge in [0.2, 0.25) is 10.0 Å². The van der Waals surface area contributed by atoms with Gasteiger partial charge in [0, 0.05) is 12.6 Å². The third-order valence-corrected chi connectivity index (χ3v) is 5.96. The zero-order chi connectivity index (χ0) is 14.4. The number of likely N-dealkylation sites (tertiary alicyclic amines) is 1. The third kappa shape index (κ3) is 6.82. The summed E-state index contributed by atoms with van der Waals surface area (Å²) in [6.07, 6.45) is 5.20. The van der Waals surface area contributed by atoms with Crippen LogP contribution in [-0.2, 0) is 10.0 Å². The summed E-state index contributed by atoms with van der Waals surface area (Å²) in [6, 6.07) is 0.146. The number of halogens is 1. The summed E-state index contributed by atoms with van der Waals surface area (Å²) in [5, 5.41) is 3.46. The van der Waals surface area contributed by atoms with Crippen LogP contribution in [0.1, 0.15) is 39.0 Å². The zero-order valence-electron chi connectivity index (χ0n) is 13.0. The van der Waals surface area contributed by atoms with Crippen molar-refractivity contribution in [3.05, 3.63) is 0 Å². The van der Waals surface area contributed by atoms with E-state index in [1.54, 1.807) is 0 Å². The van der Waals surface area contributed by atoms with Crippen LogP contribution in [-0.4, -0.2) is 57.8 Å². The molecule has 0 aromatic carbocycles. The molecule has 0 aliphatic carbocycles. The molecule has 1 unspecified atom stereocenters. The van der Waals surface area contributed by atoms with E-state index in [0.29, 0.717) is 6.42 Å². The first-order chi connectivity index (χ1) is 9.59. The summed E-state index contributed by atoms with van der Waals surface area (Å²) in [5.74, 6) is 1.03. The maximum absolute atomic E-state index is 11.8. The lowest BCUT2D eigenvalue weighted by Gasteiger charge is -2.35. The van der Waals surface area contributed by atoms with Crippen LogP contribution in [0.2, 0.25) is 0 Å². The summed E-state index contributed by atoms with van der Waals surface area (Å²) in [7, 11) is -3.05. The molecule has 2 heterocycles. The van der Waals surface area contributed by atoms with Crippen LogP contribution < -0.4 is 10.0 Å². The summed E-state index contributed by atoms with van der Waals surface area (Å²) < 4.78 is 26.4. The Labute approximate surface area is 135 Å². The monoisotopic (exact) mass is 339 g/mol. The molecule has 1 atom stereocenters. The molecule has 2 saturated heterocycles. The first-order valence-corrected chi connectivity index (χ1v) is 9.67. The van der Waals surface area contributed by atoms with Crippen molar-refractivity contribution >= 4 is 22.4 Å². The first-order valence-electron chi connectivity index (χ1n) is 8.02. The Bertz CT molecular complexity index is 378. The SMILES string of the molecule is CCCS(=O)(=O)NC1CCN(CC2CCCNC2)CC1.Cl. The Balaban J connectivity index is 0.00000220. The van der Waals surface area contributed by atoms with Crippen LogP contribution in [0.5, 0.6) is 0 Å². The van der Waals surface area contributed by atoms with E-state index in [-0.39, 0.29) is 24.2 Å². The molecular weight excluding hydrogens is 310 g/mol. The van der Waals surface area contributed by atoms with E-state index in [1.165, 1.54) is 19.4 Å². The topological polar surface area (TPSA) is 61.4 Å². The van der Waals surface area contributed by atoms with Crippen molar-refractivity contribution in [3.8, 4) is 0 Å². The Morgan fingerprint density at radius 3 is 2.52 bits per heavy atom. The standard InChI is InChI=1S/C14H29N3O2S.ClH/c1-2-10-20(18,19)16-14-5-8-17(9-6-14)12-13-4-3-7-15-11-13;/h13-16H,2-12H2,1H3;1H. The van der Waals surface area contributed by atoms with Gasteiger partial charge in [-0.1, -0.05) is 6.92 Å². The molecule has 2 aliphatic rings. The second kappa shape index (κ2) is 9.30. The molecular formula is C14H30ClN3O2S. The highest BCUT2D eigenvalue weighted by Gasteiger charge is 2.25. The van der Waals surface area contributed by atoms with Gasteiger partial charge < -0.3 is 10.2 Å². The minimum Gasteiger partial charge on any atom is -0.316 e. The predicted molar refractivity (Wildman–Crippen MR) is 89.5 cm³/mol. The molecule has 7 heteroatoms. The van der Waals surface area contributed by atoms with Crippen molar-refractivity contribution in [2.24, 2.45) is 5.92 Å². The van der Waals surface area contributed by atoms with E-state index >= 15 is 0 Å². The fourth-order valence-corrected chi connectivity index (χ4v) is 4.66. The van der Waals surface area contributed by atoms with Crippen molar-refractivity contribution < 1.29 is 8.42 Å². The summed E-state index contributed by atoms with van der Waals surface area (Å²) in [5.41, 5.74) is 0. The molecule has 126 valence electrons. The lowest BCUT2D eigenvalue weighted by Crippen LogP contribution is -2.47. The number of piperidine rings is 2. The normalized spacial score (nSPS) is 25.5. The fourth-order valence-electron chi connectivity index (χ4n) is 3.26. The van der Waals surface area contributed by atoms with Crippen LogP contribution in [0.15, 0.2) is 0 Å². The highest BCUT2D eigenvalue weighted by atomic mass is 35.5. The van der Waals surface area contributed by atoms with Gasteiger partial charge in [-0.25, -0.2) is 13.1 Å². The Morgan fingerprint density at radius 2 is 1.95 bits per heavy atom. The average Bonchev–Trinajstić information content (AvgIpc) is 2.42. The van der Waals surface area contributed by atoms with Gasteiger partial charge in [0.25, 0.3) is 0 Å². The number of rotatable bonds is 6. The van der Waals surface area contributed by atoms with Gasteiger partial charge in [-0.05, 0) is 64.2 Å². The second-order valence-electron chi connectivity index (χ2n) is 6.22. The van der Waals surface area contributed by atoms with E-state index in [4.69, 9.17) is 0 Å². The predicted octanol–water partition coefficient (Wildman–Crippen LogP) is 1.20. The number of sulfonamides is 1. The van der Waals surface area contributed by atoms with Gasteiger partial charge in [0.15, 0.2) is 0 Å². The van der Waals surface area contributed by atoms with Crippen molar-refractivity contribution in [1.82, 2.24) is 14.9 Å². The maximum atomic E-state index is 11.8. The van der Waals surface area contributed by atoms with Crippen LogP contribution in [0, 0.1) is 5.92 Å². The molecule has 2 N–H and O–H groups in total. The molecule has 0 aromatic rings. The van der Waals surface area contributed by atoms with Crippen LogP contribution in [0.3, 0.4) is 0 Å². The minimum atomic E-state index is -3.05. The molecule has 5 nitrogen and oxygen atoms in total. The molecule has 2 rings (SSSR count). The second-order valence-corrected chi connectivity index (χ2v) is 8.10. The Hall–Kier alpha value is 0.120. The highest BCUT2D eigenvalue weighted by Crippen LogP contribution is 2.16. The molecule has 0 saturated carbocycles. The highest BCUT2D eigenvalue weighted by molar-refractivity contribution is 7.89. The molecule has 21 heavy (non-hydrogen) atoms. The summed E-state index contributed by atoms with van der Waals surface area (Å²) >= 11 is 0. The summed E-state index contributed by atoms with van der Waals surface area (Å²) in [6.45, 7) is 7.42. The molecule has 2 fully saturated rings. The number of hydrogen-bond acceptors (Lipinski definition) is 4. The van der Waals surface area contributed by atoms with Gasteiger partial charge in [0.1, 0.15) is 0 Å². The lowest BCUT2D eigenvalue weighted by molar-refractivity contribution is 0.166. The Morgan fingerprint density at radius 1 is 1.24 bits per heavy atom. The smallest absolute Gasteiger partial charge is 0.211 e. The molecule has 0 aromatic heterocycles. The van der Waals surface area contributed by atoms with E-state index in [0.717, 1.165) is 44.9 Å². The van der Waals surface area contributed by atoms with Crippen LogP contribution in [0.25, 0.3) is 0 Å². The largest absolute Gasteiger partial charge is 0.316 e. The number of nitrogens with one attached hydrogen (secondary N) is 2. The van der Waals surface area contributed by atoms with E-state index < -0.39 is 10.0 Å². The van der Waals surface area contributed by atoms with Crippen LogP contribution in [0.4, 0.5) is 0 Å². The maximum Gasteiger partial charge on any atom is 0.211 e. The third-order valence-electron chi connectivity index (χ3n) is 4.32. The van der Waals surface area contributed by atoms with Crippen molar-refractivity contribution in [1.29, 1.82) is 0 Å². The van der Waals surface area contributed by atoms with Gasteiger partial charge in [0.05, 0.1) is 5.75 Å². The molecule has 2 aliphatic heterocycles. The van der Waals surface area contributed by atoms with Gasteiger partial charge >= 0.3 is 0 Å². The molecule has 0 amide bonds. The quantitative estimate of drug-likeness (QED) is 0.763. The van der Waals surface area contributed by atoms with Crippen molar-refractivity contribution in [2.75, 3.05) is 38.5 Å². The van der Waals surface area contributed by atoms with E-state index in [1.807, 2.05) is 6.92 Å². The first kappa shape index (κ1) is 19.2. The summed E-state index contributed by atoms with van der Waals surface area (Å²) in [4.78, 5) is 2.50. The molecule has 0 bridgehead atoms. The zero-order valence-corrected chi connectivity index (χ0v) is 14.6. The van der Waals surface area contributed by atoms with Crippen molar-refractivity contribution in [2.45, 2.75) is 45.1 Å². The Kier molecular flexibility index (Phi) is 8.49. The number of hydrogen-bond donors (Lipinski definition) is 2. The average molecular weight is 340 g/mol. The number of nitrogens with zero attached hydrogens (tertiary/aromatic N) is 1. The molecule has 0 radical (unpaired) electrons. The van der Waals surface area contributed by atoms with E-state index in [2.05, 4.69) is 14.9 Å². The van der Waals surface area contributed by atoms with E-state index in [9.17, 15) is 8.42 Å². The minimum absolute atomic E-state index is 0. The lowest BCUT2D eigenvalue weighted by atomic mass is 9.97. The molecule has 0 spiro atoms. The van der Waals surface area contributed by atoms with Gasteiger partial charge in [-0.15, -0.1) is 12.4 Å².